The van der Waals surface area contributed by atoms with Gasteiger partial charge in [0.2, 0.25) is 0 Å². The summed E-state index contributed by atoms with van der Waals surface area (Å²) in [5.41, 5.74) is 5.18. The molecule has 0 heterocycles. The summed E-state index contributed by atoms with van der Waals surface area (Å²) in [5, 5.41) is 8.88. The molecule has 2 unspecified atom stereocenters. The highest BCUT2D eigenvalue weighted by molar-refractivity contribution is 5.70. The van der Waals surface area contributed by atoms with Crippen LogP contribution in [0.1, 0.15) is 25.3 Å². The number of hydrogen-bond donors (Lipinski definition) is 2. The zero-order valence-electron chi connectivity index (χ0n) is 11.2. The van der Waals surface area contributed by atoms with Crippen LogP contribution in [0.2, 0.25) is 0 Å². The summed E-state index contributed by atoms with van der Waals surface area (Å²) in [6.07, 6.45) is 0.843. The molecule has 0 fully saturated rings. The van der Waals surface area contributed by atoms with Crippen molar-refractivity contribution in [1.82, 2.24) is 0 Å². The van der Waals surface area contributed by atoms with Gasteiger partial charge in [-0.1, -0.05) is 6.92 Å². The van der Waals surface area contributed by atoms with Crippen LogP contribution in [-0.4, -0.2) is 17.6 Å². The second-order valence-electron chi connectivity index (χ2n) is 5.00. The van der Waals surface area contributed by atoms with Crippen molar-refractivity contribution in [3.05, 3.63) is 35.1 Å². The van der Waals surface area contributed by atoms with E-state index in [0.29, 0.717) is 25.0 Å². The molecule has 0 aliphatic heterocycles. The van der Waals surface area contributed by atoms with Crippen LogP contribution in [0.15, 0.2) is 12.1 Å². The first-order chi connectivity index (χ1) is 9.35. The van der Waals surface area contributed by atoms with E-state index >= 15 is 0 Å². The molecule has 0 aromatic heterocycles. The molecule has 2 atom stereocenters. The number of carboxylic acids is 1. The maximum Gasteiger partial charge on any atom is 0.307 e. The van der Waals surface area contributed by atoms with Gasteiger partial charge in [-0.05, 0) is 25.2 Å². The summed E-state index contributed by atoms with van der Waals surface area (Å²) in [4.78, 5) is 10.8. The number of rotatable bonds is 7. The summed E-state index contributed by atoms with van der Waals surface area (Å²) >= 11 is 0. The monoisotopic (exact) mass is 289 g/mol. The smallest absolute Gasteiger partial charge is 0.307 e. The summed E-state index contributed by atoms with van der Waals surface area (Å²) in [7, 11) is 0. The lowest BCUT2D eigenvalue weighted by Gasteiger charge is -2.16. The van der Waals surface area contributed by atoms with Crippen LogP contribution in [0.25, 0.3) is 0 Å². The van der Waals surface area contributed by atoms with Gasteiger partial charge < -0.3 is 10.8 Å². The molecule has 0 amide bonds. The van der Waals surface area contributed by atoms with Crippen molar-refractivity contribution in [2.45, 2.75) is 26.2 Å². The van der Waals surface area contributed by atoms with Gasteiger partial charge in [-0.25, -0.2) is 13.2 Å². The summed E-state index contributed by atoms with van der Waals surface area (Å²) in [6, 6.07) is 1.28. The summed E-state index contributed by atoms with van der Waals surface area (Å²) in [6.45, 7) is 1.82. The number of carboxylic acid groups (broad SMARTS) is 1. The third-order valence-corrected chi connectivity index (χ3v) is 3.31. The molecular formula is C14H18F3NO2. The minimum Gasteiger partial charge on any atom is -0.481 e. The second kappa shape index (κ2) is 7.28. The van der Waals surface area contributed by atoms with Crippen molar-refractivity contribution in [2.24, 2.45) is 17.6 Å². The molecular weight excluding hydrogens is 271 g/mol. The van der Waals surface area contributed by atoms with Crippen molar-refractivity contribution in [3.8, 4) is 0 Å². The number of hydrogen-bond acceptors (Lipinski definition) is 2. The fourth-order valence-corrected chi connectivity index (χ4v) is 2.10. The number of nitrogens with two attached hydrogens (primary N) is 1. The standard InChI is InChI=1S/C14H18F3NO2/c1-8(4-9(7-18)14(19)20)2-3-11-12(16)5-10(15)6-13(11)17/h5-6,8-9H,2-4,7,18H2,1H3,(H,19,20). The minimum absolute atomic E-state index is 0.0267. The van der Waals surface area contributed by atoms with Crippen molar-refractivity contribution < 1.29 is 23.1 Å². The molecule has 0 spiro atoms. The zero-order chi connectivity index (χ0) is 15.3. The molecule has 3 N–H and O–H groups in total. The number of benzene rings is 1. The molecule has 0 saturated carbocycles. The Morgan fingerprint density at radius 1 is 1.30 bits per heavy atom. The predicted molar refractivity (Wildman–Crippen MR) is 68.6 cm³/mol. The Hall–Kier alpha value is -1.56. The van der Waals surface area contributed by atoms with Gasteiger partial charge in [-0.3, -0.25) is 4.79 Å². The molecule has 0 bridgehead atoms. The van der Waals surface area contributed by atoms with Crippen LogP contribution in [0.3, 0.4) is 0 Å². The molecule has 0 aliphatic carbocycles. The highest BCUT2D eigenvalue weighted by Gasteiger charge is 2.19. The fraction of sp³-hybridized carbons (Fsp3) is 0.500. The first-order valence-electron chi connectivity index (χ1n) is 6.41. The first kappa shape index (κ1) is 16.5. The largest absolute Gasteiger partial charge is 0.481 e. The van der Waals surface area contributed by atoms with E-state index in [1.807, 2.05) is 0 Å². The number of carbonyl (C=O) groups is 1. The molecule has 1 aromatic rings. The second-order valence-corrected chi connectivity index (χ2v) is 5.00. The third-order valence-electron chi connectivity index (χ3n) is 3.31. The Labute approximate surface area is 115 Å². The van der Waals surface area contributed by atoms with Gasteiger partial charge in [0.1, 0.15) is 17.5 Å². The Morgan fingerprint density at radius 3 is 2.30 bits per heavy atom. The Kier molecular flexibility index (Phi) is 6.01. The van der Waals surface area contributed by atoms with Crippen LogP contribution in [0.4, 0.5) is 13.2 Å². The van der Waals surface area contributed by atoms with E-state index in [1.165, 1.54) is 0 Å². The van der Waals surface area contributed by atoms with E-state index in [4.69, 9.17) is 10.8 Å². The van der Waals surface area contributed by atoms with Crippen molar-refractivity contribution in [2.75, 3.05) is 6.54 Å². The maximum atomic E-state index is 13.4. The lowest BCUT2D eigenvalue weighted by atomic mass is 9.91. The van der Waals surface area contributed by atoms with Gasteiger partial charge in [0.25, 0.3) is 0 Å². The fourth-order valence-electron chi connectivity index (χ4n) is 2.10. The topological polar surface area (TPSA) is 63.3 Å². The van der Waals surface area contributed by atoms with Crippen LogP contribution in [0, 0.1) is 29.3 Å². The molecule has 1 aromatic carbocycles. The van der Waals surface area contributed by atoms with Crippen molar-refractivity contribution >= 4 is 5.97 Å². The molecule has 0 saturated heterocycles. The van der Waals surface area contributed by atoms with Gasteiger partial charge in [0.05, 0.1) is 5.92 Å². The van der Waals surface area contributed by atoms with E-state index in [1.54, 1.807) is 6.92 Å². The quantitative estimate of drug-likeness (QED) is 0.811. The highest BCUT2D eigenvalue weighted by Crippen LogP contribution is 2.21. The van der Waals surface area contributed by atoms with E-state index in [-0.39, 0.29) is 24.4 Å². The minimum atomic E-state index is -0.974. The van der Waals surface area contributed by atoms with Crippen LogP contribution >= 0.6 is 0 Å². The molecule has 1 rings (SSSR count). The third kappa shape index (κ3) is 4.52. The van der Waals surface area contributed by atoms with Crippen LogP contribution in [0.5, 0.6) is 0 Å². The maximum absolute atomic E-state index is 13.4. The van der Waals surface area contributed by atoms with Crippen molar-refractivity contribution in [3.63, 3.8) is 0 Å². The molecule has 3 nitrogen and oxygen atoms in total. The first-order valence-corrected chi connectivity index (χ1v) is 6.41. The van der Waals surface area contributed by atoms with E-state index in [9.17, 15) is 18.0 Å². The van der Waals surface area contributed by atoms with Gasteiger partial charge >= 0.3 is 5.97 Å². The Bertz CT molecular complexity index is 456. The lowest BCUT2D eigenvalue weighted by molar-refractivity contribution is -0.141. The lowest BCUT2D eigenvalue weighted by Crippen LogP contribution is -2.25. The molecule has 20 heavy (non-hydrogen) atoms. The average Bonchev–Trinajstić information content (AvgIpc) is 2.34. The SMILES string of the molecule is CC(CCc1c(F)cc(F)cc1F)CC(CN)C(=O)O. The summed E-state index contributed by atoms with van der Waals surface area (Å²) < 4.78 is 39.6. The van der Waals surface area contributed by atoms with Crippen LogP contribution < -0.4 is 5.73 Å². The average molecular weight is 289 g/mol. The van der Waals surface area contributed by atoms with E-state index in [0.717, 1.165) is 0 Å². The van der Waals surface area contributed by atoms with Gasteiger partial charge in [0, 0.05) is 24.2 Å². The van der Waals surface area contributed by atoms with Gasteiger partial charge in [-0.15, -0.1) is 0 Å². The van der Waals surface area contributed by atoms with E-state index < -0.39 is 29.3 Å². The molecule has 0 aliphatic rings. The van der Waals surface area contributed by atoms with Gasteiger partial charge in [0.15, 0.2) is 0 Å². The number of halogens is 3. The van der Waals surface area contributed by atoms with E-state index in [2.05, 4.69) is 0 Å². The van der Waals surface area contributed by atoms with Gasteiger partial charge in [-0.2, -0.15) is 0 Å². The Morgan fingerprint density at radius 2 is 1.85 bits per heavy atom. The van der Waals surface area contributed by atoms with Crippen LogP contribution in [-0.2, 0) is 11.2 Å². The zero-order valence-corrected chi connectivity index (χ0v) is 11.2. The Balaban J connectivity index is 2.61. The number of aliphatic carboxylic acids is 1. The molecule has 112 valence electrons. The summed E-state index contributed by atoms with van der Waals surface area (Å²) in [5.74, 6) is -4.47. The normalized spacial score (nSPS) is 14.1. The van der Waals surface area contributed by atoms with Crippen molar-refractivity contribution in [1.29, 1.82) is 0 Å². The predicted octanol–water partition coefficient (Wildman–Crippen LogP) is 2.72. The molecule has 6 heteroatoms. The highest BCUT2D eigenvalue weighted by atomic mass is 19.1. The molecule has 0 radical (unpaired) electrons.